The van der Waals surface area contributed by atoms with Gasteiger partial charge in [0.15, 0.2) is 0 Å². The van der Waals surface area contributed by atoms with Crippen molar-refractivity contribution in [1.29, 1.82) is 0 Å². The zero-order chi connectivity index (χ0) is 31.0. The minimum absolute atomic E-state index is 0. The van der Waals surface area contributed by atoms with Gasteiger partial charge in [-0.25, -0.2) is 4.39 Å². The van der Waals surface area contributed by atoms with Crippen LogP contribution >= 0.6 is 0 Å². The molecular weight excluding hydrogens is 764 g/mol. The van der Waals surface area contributed by atoms with Gasteiger partial charge in [0.2, 0.25) is 0 Å². The molecule has 4 heterocycles. The molecule has 0 atom stereocenters. The molecule has 0 spiro atoms. The molecule has 5 nitrogen and oxygen atoms in total. The third-order valence-electron chi connectivity index (χ3n) is 7.95. The Morgan fingerprint density at radius 1 is 0.723 bits per heavy atom. The normalized spacial score (nSPS) is 11.0. The number of para-hydroxylation sites is 2. The number of furan rings is 1. The average molecular weight is 789 g/mol. The number of rotatable bonds is 3. The van der Waals surface area contributed by atoms with E-state index in [2.05, 4.69) is 21.7 Å². The molecule has 0 bridgehead atoms. The molecule has 5 aromatic carbocycles. The molecule has 0 aliphatic heterocycles. The molecule has 0 aliphatic carbocycles. The molecule has 4 aromatic heterocycles. The molecule has 0 saturated carbocycles. The molecule has 0 N–H and O–H groups in total. The molecule has 0 aliphatic rings. The molecule has 47 heavy (non-hydrogen) atoms. The fourth-order valence-corrected chi connectivity index (χ4v) is 5.90. The predicted molar refractivity (Wildman–Crippen MR) is 181 cm³/mol. The topological polar surface area (TPSA) is 56.7 Å². The van der Waals surface area contributed by atoms with Crippen LogP contribution in [0.5, 0.6) is 0 Å². The monoisotopic (exact) mass is 789 g/mol. The Morgan fingerprint density at radius 3 is 2.34 bits per heavy atom. The van der Waals surface area contributed by atoms with E-state index in [9.17, 15) is 4.39 Å². The van der Waals surface area contributed by atoms with Crippen LogP contribution in [0.4, 0.5) is 4.39 Å². The maximum atomic E-state index is 13.9. The summed E-state index contributed by atoms with van der Waals surface area (Å²) in [6, 6.07) is 46.7. The first-order valence-corrected chi connectivity index (χ1v) is 14.9. The van der Waals surface area contributed by atoms with Crippen molar-refractivity contribution in [3.8, 4) is 28.3 Å². The van der Waals surface area contributed by atoms with Gasteiger partial charge in [0, 0.05) is 48.8 Å². The van der Waals surface area contributed by atoms with Crippen LogP contribution in [-0.2, 0) is 20.1 Å². The summed E-state index contributed by atoms with van der Waals surface area (Å²) in [6.45, 7) is 2.01. The molecule has 7 heteroatoms. The van der Waals surface area contributed by atoms with E-state index in [4.69, 9.17) is 14.4 Å². The summed E-state index contributed by atoms with van der Waals surface area (Å²) in [5.74, 6) is 0.370. The summed E-state index contributed by atoms with van der Waals surface area (Å²) < 4.78 is 22.2. The number of halogens is 1. The number of imidazole rings is 1. The molecule has 0 amide bonds. The van der Waals surface area contributed by atoms with E-state index < -0.39 is 0 Å². The van der Waals surface area contributed by atoms with Crippen molar-refractivity contribution in [2.75, 3.05) is 0 Å². The number of hydrogen-bond acceptors (Lipinski definition) is 4. The van der Waals surface area contributed by atoms with Gasteiger partial charge < -0.3 is 14.0 Å². The van der Waals surface area contributed by atoms with E-state index in [1.54, 1.807) is 12.3 Å². The van der Waals surface area contributed by atoms with Crippen LogP contribution in [0.1, 0.15) is 5.69 Å². The van der Waals surface area contributed by atoms with Crippen molar-refractivity contribution in [2.24, 2.45) is 0 Å². The SMILES string of the molecule is Cc1nc2ccccc2c2nc(-c3[c-]ccc4c3oc3cc(F)ccc34)n(-c3ccccc3)c12.[Ir].[c-]1ccccc1-c1ccccn1. The number of nitrogens with zero attached hydrogens (tertiary/aromatic N) is 4. The quantitative estimate of drug-likeness (QED) is 0.167. The second-order valence-corrected chi connectivity index (χ2v) is 10.8. The Labute approximate surface area is 283 Å². The maximum absolute atomic E-state index is 13.9. The molecule has 0 fully saturated rings. The summed E-state index contributed by atoms with van der Waals surface area (Å²) in [5.41, 5.74) is 8.42. The van der Waals surface area contributed by atoms with Crippen molar-refractivity contribution in [1.82, 2.24) is 19.5 Å². The largest absolute Gasteiger partial charge is 0.500 e. The van der Waals surface area contributed by atoms with Gasteiger partial charge in [-0.3, -0.25) is 9.97 Å². The Kier molecular flexibility index (Phi) is 8.17. The zero-order valence-corrected chi connectivity index (χ0v) is 27.5. The minimum Gasteiger partial charge on any atom is -0.500 e. The minimum atomic E-state index is -0.332. The summed E-state index contributed by atoms with van der Waals surface area (Å²) in [6.07, 6.45) is 1.79. The summed E-state index contributed by atoms with van der Waals surface area (Å²) in [5, 5.41) is 2.74. The van der Waals surface area contributed by atoms with Gasteiger partial charge >= 0.3 is 0 Å². The summed E-state index contributed by atoms with van der Waals surface area (Å²) >= 11 is 0. The Hall–Kier alpha value is -5.49. The van der Waals surface area contributed by atoms with E-state index in [1.807, 2.05) is 116 Å². The van der Waals surface area contributed by atoms with Gasteiger partial charge in [-0.1, -0.05) is 59.5 Å². The van der Waals surface area contributed by atoms with Crippen molar-refractivity contribution in [3.63, 3.8) is 0 Å². The smallest absolute Gasteiger partial charge is 0.126 e. The van der Waals surface area contributed by atoms with Crippen molar-refractivity contribution < 1.29 is 28.9 Å². The fraction of sp³-hybridized carbons (Fsp3) is 0.0250. The van der Waals surface area contributed by atoms with Crippen LogP contribution < -0.4 is 0 Å². The summed E-state index contributed by atoms with van der Waals surface area (Å²) in [4.78, 5) is 14.2. The average Bonchev–Trinajstić information content (AvgIpc) is 3.69. The second kappa shape index (κ2) is 12.7. The summed E-state index contributed by atoms with van der Waals surface area (Å²) in [7, 11) is 0. The van der Waals surface area contributed by atoms with E-state index in [0.29, 0.717) is 17.0 Å². The molecule has 229 valence electrons. The fourth-order valence-electron chi connectivity index (χ4n) is 5.90. The first kappa shape index (κ1) is 30.2. The van der Waals surface area contributed by atoms with Crippen LogP contribution in [0, 0.1) is 24.9 Å². The van der Waals surface area contributed by atoms with E-state index >= 15 is 0 Å². The van der Waals surface area contributed by atoms with Crippen LogP contribution in [0.3, 0.4) is 0 Å². The molecule has 9 rings (SSSR count). The van der Waals surface area contributed by atoms with Crippen molar-refractivity contribution >= 4 is 43.9 Å². The van der Waals surface area contributed by atoms with E-state index in [0.717, 1.165) is 60.9 Å². The van der Waals surface area contributed by atoms with Gasteiger partial charge in [0.1, 0.15) is 11.4 Å². The molecule has 1 radical (unpaired) electrons. The molecule has 0 saturated heterocycles. The van der Waals surface area contributed by atoms with Gasteiger partial charge in [-0.05, 0) is 49.0 Å². The Balaban J connectivity index is 0.000000228. The third kappa shape index (κ3) is 5.50. The van der Waals surface area contributed by atoms with Gasteiger partial charge in [0.25, 0.3) is 0 Å². The number of fused-ring (bicyclic) bond motifs is 6. The van der Waals surface area contributed by atoms with Gasteiger partial charge in [0.05, 0.1) is 33.7 Å². The van der Waals surface area contributed by atoms with Gasteiger partial charge in [-0.2, -0.15) is 0 Å². The second-order valence-electron chi connectivity index (χ2n) is 10.8. The Morgan fingerprint density at radius 2 is 1.53 bits per heavy atom. The standard InChI is InChI=1S/C29H17FN3O.C11H8N.Ir/c1-17-27-26(22-10-5-6-13-24(22)31-17)32-29(33(27)19-8-3-2-4-9-19)23-12-7-11-21-20-15-14-18(30)16-25(20)34-28(21)23;1-2-6-10(7-3-1)11-8-4-5-9-12-11;/h2-11,13-16H,1H3;1-6,8-9H;/q2*-1;. The Bertz CT molecular complexity index is 2460. The van der Waals surface area contributed by atoms with Crippen molar-refractivity contribution in [2.45, 2.75) is 6.92 Å². The third-order valence-corrected chi connectivity index (χ3v) is 7.95. The van der Waals surface area contributed by atoms with Crippen LogP contribution in [0.25, 0.3) is 72.2 Å². The number of benzene rings is 5. The predicted octanol–water partition coefficient (Wildman–Crippen LogP) is 9.93. The van der Waals surface area contributed by atoms with Crippen LogP contribution in [0.2, 0.25) is 0 Å². The zero-order valence-electron chi connectivity index (χ0n) is 25.1. The first-order valence-electron chi connectivity index (χ1n) is 14.9. The van der Waals surface area contributed by atoms with E-state index in [1.165, 1.54) is 12.1 Å². The van der Waals surface area contributed by atoms with E-state index in [-0.39, 0.29) is 25.9 Å². The van der Waals surface area contributed by atoms with Crippen LogP contribution in [-0.4, -0.2) is 19.5 Å². The molecule has 9 aromatic rings. The van der Waals surface area contributed by atoms with Gasteiger partial charge in [-0.15, -0.1) is 54.1 Å². The number of aryl methyl sites for hydroxylation is 1. The number of hydrogen-bond donors (Lipinski definition) is 0. The number of aromatic nitrogens is 4. The maximum Gasteiger partial charge on any atom is 0.126 e. The molecular formula is C40H25FIrN4O-2. The van der Waals surface area contributed by atoms with Crippen LogP contribution in [0.15, 0.2) is 138 Å². The molecule has 0 unspecified atom stereocenters. The first-order chi connectivity index (χ1) is 22.7. The number of pyridine rings is 2. The van der Waals surface area contributed by atoms with Crippen molar-refractivity contribution in [3.05, 3.63) is 157 Å².